The van der Waals surface area contributed by atoms with E-state index in [1.54, 1.807) is 0 Å². The summed E-state index contributed by atoms with van der Waals surface area (Å²) in [6.45, 7) is 6.63. The summed E-state index contributed by atoms with van der Waals surface area (Å²) < 4.78 is 0. The summed E-state index contributed by atoms with van der Waals surface area (Å²) in [6, 6.07) is 10.3. The standard InChI is InChI=1S/C15H20N2/c1-10(2)11(3)14(16)13-8-4-6-12-7-5-9-17-15(12)13/h4-11,14H,16H2,1-3H3. The van der Waals surface area contributed by atoms with Crippen LogP contribution < -0.4 is 5.73 Å². The summed E-state index contributed by atoms with van der Waals surface area (Å²) in [7, 11) is 0. The van der Waals surface area contributed by atoms with Gasteiger partial charge in [0.1, 0.15) is 0 Å². The number of pyridine rings is 1. The Kier molecular flexibility index (Phi) is 3.43. The lowest BCUT2D eigenvalue weighted by molar-refractivity contribution is 0.353. The molecule has 2 heteroatoms. The Bertz CT molecular complexity index is 500. The van der Waals surface area contributed by atoms with E-state index in [0.29, 0.717) is 11.8 Å². The Labute approximate surface area is 103 Å². The van der Waals surface area contributed by atoms with Crippen molar-refractivity contribution in [1.82, 2.24) is 4.98 Å². The molecule has 2 rings (SSSR count). The van der Waals surface area contributed by atoms with Gasteiger partial charge >= 0.3 is 0 Å². The number of nitrogens with two attached hydrogens (primary N) is 1. The van der Waals surface area contributed by atoms with Crippen LogP contribution in [0.1, 0.15) is 32.4 Å². The Balaban J connectivity index is 2.48. The SMILES string of the molecule is CC(C)C(C)C(N)c1cccc2cccnc12. The van der Waals surface area contributed by atoms with Crippen LogP contribution >= 0.6 is 0 Å². The number of para-hydroxylation sites is 1. The van der Waals surface area contributed by atoms with Crippen LogP contribution in [-0.4, -0.2) is 4.98 Å². The fourth-order valence-electron chi connectivity index (χ4n) is 2.09. The third-order valence-corrected chi connectivity index (χ3v) is 3.64. The van der Waals surface area contributed by atoms with Gasteiger partial charge in [0.25, 0.3) is 0 Å². The second-order valence-electron chi connectivity index (χ2n) is 5.05. The summed E-state index contributed by atoms with van der Waals surface area (Å²) in [5.74, 6) is 1.02. The first-order chi connectivity index (χ1) is 8.11. The average molecular weight is 228 g/mol. The zero-order valence-electron chi connectivity index (χ0n) is 10.7. The van der Waals surface area contributed by atoms with Gasteiger partial charge in [-0.2, -0.15) is 0 Å². The molecule has 2 aromatic rings. The second-order valence-corrected chi connectivity index (χ2v) is 5.05. The molecule has 0 aliphatic heterocycles. The molecule has 1 aromatic carbocycles. The van der Waals surface area contributed by atoms with E-state index < -0.39 is 0 Å². The zero-order valence-corrected chi connectivity index (χ0v) is 10.7. The van der Waals surface area contributed by atoms with Crippen molar-refractivity contribution >= 4 is 10.9 Å². The number of benzene rings is 1. The lowest BCUT2D eigenvalue weighted by Crippen LogP contribution is -2.23. The molecule has 2 atom stereocenters. The van der Waals surface area contributed by atoms with Crippen LogP contribution in [0.4, 0.5) is 0 Å². The Morgan fingerprint density at radius 1 is 1.06 bits per heavy atom. The van der Waals surface area contributed by atoms with E-state index in [9.17, 15) is 0 Å². The van der Waals surface area contributed by atoms with Crippen molar-refractivity contribution in [3.63, 3.8) is 0 Å². The minimum atomic E-state index is 0.0496. The van der Waals surface area contributed by atoms with E-state index in [2.05, 4.69) is 50.0 Å². The topological polar surface area (TPSA) is 38.9 Å². The van der Waals surface area contributed by atoms with Crippen LogP contribution in [0.5, 0.6) is 0 Å². The van der Waals surface area contributed by atoms with Crippen molar-refractivity contribution in [3.8, 4) is 0 Å². The predicted molar refractivity (Wildman–Crippen MR) is 72.7 cm³/mol. The molecular formula is C15H20N2. The molecule has 0 bridgehead atoms. The van der Waals surface area contributed by atoms with Gasteiger partial charge in [0.15, 0.2) is 0 Å². The average Bonchev–Trinajstić information content (AvgIpc) is 2.36. The van der Waals surface area contributed by atoms with Crippen molar-refractivity contribution in [1.29, 1.82) is 0 Å². The van der Waals surface area contributed by atoms with E-state index in [0.717, 1.165) is 16.5 Å². The summed E-state index contributed by atoms with van der Waals surface area (Å²) in [5, 5.41) is 1.16. The van der Waals surface area contributed by atoms with Gasteiger partial charge in [-0.05, 0) is 23.5 Å². The first-order valence-corrected chi connectivity index (χ1v) is 6.20. The minimum absolute atomic E-state index is 0.0496. The maximum atomic E-state index is 6.37. The van der Waals surface area contributed by atoms with Gasteiger partial charge < -0.3 is 5.73 Å². The summed E-state index contributed by atoms with van der Waals surface area (Å²) in [6.07, 6.45) is 1.83. The van der Waals surface area contributed by atoms with Gasteiger partial charge in [-0.15, -0.1) is 0 Å². The van der Waals surface area contributed by atoms with E-state index >= 15 is 0 Å². The number of nitrogens with zero attached hydrogens (tertiary/aromatic N) is 1. The molecule has 90 valence electrons. The summed E-state index contributed by atoms with van der Waals surface area (Å²) in [4.78, 5) is 4.46. The lowest BCUT2D eigenvalue weighted by Gasteiger charge is -2.24. The van der Waals surface area contributed by atoms with Crippen molar-refractivity contribution < 1.29 is 0 Å². The Morgan fingerprint density at radius 3 is 2.47 bits per heavy atom. The molecule has 0 fully saturated rings. The first-order valence-electron chi connectivity index (χ1n) is 6.20. The Morgan fingerprint density at radius 2 is 1.76 bits per heavy atom. The molecule has 0 saturated carbocycles. The van der Waals surface area contributed by atoms with Crippen molar-refractivity contribution in [2.24, 2.45) is 17.6 Å². The van der Waals surface area contributed by atoms with Crippen LogP contribution in [0, 0.1) is 11.8 Å². The van der Waals surface area contributed by atoms with E-state index in [1.165, 1.54) is 0 Å². The van der Waals surface area contributed by atoms with Crippen LogP contribution in [0.25, 0.3) is 10.9 Å². The van der Waals surface area contributed by atoms with Crippen LogP contribution in [0.15, 0.2) is 36.5 Å². The molecule has 0 saturated heterocycles. The summed E-state index contributed by atoms with van der Waals surface area (Å²) in [5.41, 5.74) is 8.56. The van der Waals surface area contributed by atoms with Gasteiger partial charge in [-0.25, -0.2) is 0 Å². The third kappa shape index (κ3) is 2.32. The molecule has 2 unspecified atom stereocenters. The third-order valence-electron chi connectivity index (χ3n) is 3.64. The fraction of sp³-hybridized carbons (Fsp3) is 0.400. The molecule has 0 radical (unpaired) electrons. The highest BCUT2D eigenvalue weighted by atomic mass is 14.7. The largest absolute Gasteiger partial charge is 0.324 e. The molecule has 0 aliphatic rings. The molecule has 1 heterocycles. The number of hydrogen-bond donors (Lipinski definition) is 1. The van der Waals surface area contributed by atoms with Crippen molar-refractivity contribution in [2.75, 3.05) is 0 Å². The van der Waals surface area contributed by atoms with Crippen LogP contribution in [0.2, 0.25) is 0 Å². The molecule has 2 nitrogen and oxygen atoms in total. The Hall–Kier alpha value is -1.41. The lowest BCUT2D eigenvalue weighted by atomic mass is 9.86. The number of fused-ring (bicyclic) bond motifs is 1. The predicted octanol–water partition coefficient (Wildman–Crippen LogP) is 3.53. The maximum Gasteiger partial charge on any atom is 0.0749 e. The molecular weight excluding hydrogens is 208 g/mol. The molecule has 2 N–H and O–H groups in total. The molecule has 0 aliphatic carbocycles. The molecule has 0 amide bonds. The molecule has 0 spiro atoms. The van der Waals surface area contributed by atoms with E-state index in [4.69, 9.17) is 5.73 Å². The monoisotopic (exact) mass is 228 g/mol. The fourth-order valence-corrected chi connectivity index (χ4v) is 2.09. The van der Waals surface area contributed by atoms with Crippen LogP contribution in [-0.2, 0) is 0 Å². The number of aromatic nitrogens is 1. The molecule has 1 aromatic heterocycles. The smallest absolute Gasteiger partial charge is 0.0749 e. The quantitative estimate of drug-likeness (QED) is 0.872. The number of rotatable bonds is 3. The highest BCUT2D eigenvalue weighted by Gasteiger charge is 2.20. The van der Waals surface area contributed by atoms with Gasteiger partial charge in [0.05, 0.1) is 5.52 Å². The first kappa shape index (κ1) is 12.1. The summed E-state index contributed by atoms with van der Waals surface area (Å²) >= 11 is 0. The van der Waals surface area contributed by atoms with Gasteiger partial charge in [0.2, 0.25) is 0 Å². The highest BCUT2D eigenvalue weighted by Crippen LogP contribution is 2.29. The maximum absolute atomic E-state index is 6.37. The van der Waals surface area contributed by atoms with Gasteiger partial charge in [0, 0.05) is 17.6 Å². The number of hydrogen-bond acceptors (Lipinski definition) is 2. The van der Waals surface area contributed by atoms with E-state index in [-0.39, 0.29) is 6.04 Å². The van der Waals surface area contributed by atoms with Gasteiger partial charge in [-0.1, -0.05) is 45.0 Å². The minimum Gasteiger partial charge on any atom is -0.324 e. The second kappa shape index (κ2) is 4.84. The van der Waals surface area contributed by atoms with E-state index in [1.807, 2.05) is 12.3 Å². The highest BCUT2D eigenvalue weighted by molar-refractivity contribution is 5.82. The van der Waals surface area contributed by atoms with Crippen molar-refractivity contribution in [2.45, 2.75) is 26.8 Å². The van der Waals surface area contributed by atoms with Crippen LogP contribution in [0.3, 0.4) is 0 Å². The zero-order chi connectivity index (χ0) is 12.4. The normalized spacial score (nSPS) is 15.1. The molecule has 17 heavy (non-hydrogen) atoms. The van der Waals surface area contributed by atoms with Gasteiger partial charge in [-0.3, -0.25) is 4.98 Å². The van der Waals surface area contributed by atoms with Crippen molar-refractivity contribution in [3.05, 3.63) is 42.1 Å².